The molecule has 0 unspecified atom stereocenters. The minimum Gasteiger partial charge on any atom is -0.345 e. The van der Waals surface area contributed by atoms with E-state index in [2.05, 4.69) is 0 Å². The van der Waals surface area contributed by atoms with E-state index >= 15 is 0 Å². The highest BCUT2D eigenvalue weighted by Crippen LogP contribution is 1.83. The molecule has 3 heteroatoms. The van der Waals surface area contributed by atoms with Crippen LogP contribution < -0.4 is 0 Å². The van der Waals surface area contributed by atoms with Crippen molar-refractivity contribution in [3.05, 3.63) is 0 Å². The fourth-order valence-corrected chi connectivity index (χ4v) is 0.538. The zero-order valence-corrected chi connectivity index (χ0v) is 5.90. The molecular formula is C5H10ClNO. The Bertz CT molecular complexity index is 84.5. The predicted octanol–water partition coefficient (Wildman–Crippen LogP) is 0.704. The molecule has 0 aliphatic rings. The molecule has 0 N–H and O–H groups in total. The van der Waals surface area contributed by atoms with Crippen molar-refractivity contribution in [2.75, 3.05) is 19.5 Å². The Morgan fingerprint density at radius 2 is 2.25 bits per heavy atom. The lowest BCUT2D eigenvalue weighted by Crippen LogP contribution is -2.25. The molecule has 48 valence electrons. The number of halogens is 1. The molecule has 1 amide bonds. The first kappa shape index (κ1) is 7.76. The van der Waals surface area contributed by atoms with Crippen LogP contribution >= 0.6 is 11.6 Å². The van der Waals surface area contributed by atoms with E-state index < -0.39 is 0 Å². The second kappa shape index (κ2) is 3.72. The molecule has 8 heavy (non-hydrogen) atoms. The van der Waals surface area contributed by atoms with Crippen LogP contribution in [0.2, 0.25) is 0 Å². The Labute approximate surface area is 54.4 Å². The van der Waals surface area contributed by atoms with Crippen LogP contribution in [0.15, 0.2) is 0 Å². The van der Waals surface area contributed by atoms with Crippen molar-refractivity contribution in [3.8, 4) is 0 Å². The zero-order valence-electron chi connectivity index (χ0n) is 5.15. The van der Waals surface area contributed by atoms with Gasteiger partial charge in [-0.15, -0.1) is 11.6 Å². The first-order valence-electron chi connectivity index (χ1n) is 2.46. The molecule has 0 heterocycles. The van der Waals surface area contributed by atoms with E-state index in [1.807, 2.05) is 0 Å². The van der Waals surface area contributed by atoms with Crippen LogP contribution in [0.1, 0.15) is 6.92 Å². The average Bonchev–Trinajstić information content (AvgIpc) is 1.67. The molecule has 0 radical (unpaired) electrons. The Morgan fingerprint density at radius 1 is 1.75 bits per heavy atom. The standard InChI is InChI=1S/C5H10ClNO/c1-5(8)7(2)4-3-6/h3-4H2,1-2H3. The van der Waals surface area contributed by atoms with Crippen molar-refractivity contribution in [1.29, 1.82) is 0 Å². The summed E-state index contributed by atoms with van der Waals surface area (Å²) in [5.41, 5.74) is 0. The molecule has 0 aromatic heterocycles. The summed E-state index contributed by atoms with van der Waals surface area (Å²) in [6, 6.07) is 0. The molecule has 0 bridgehead atoms. The van der Waals surface area contributed by atoms with Gasteiger partial charge < -0.3 is 4.90 Å². The fraction of sp³-hybridized carbons (Fsp3) is 0.800. The molecule has 0 fully saturated rings. The van der Waals surface area contributed by atoms with Gasteiger partial charge in [0.2, 0.25) is 5.91 Å². The highest BCUT2D eigenvalue weighted by Gasteiger charge is 1.97. The smallest absolute Gasteiger partial charge is 0.219 e. The monoisotopic (exact) mass is 135 g/mol. The van der Waals surface area contributed by atoms with E-state index in [4.69, 9.17) is 11.6 Å². The minimum absolute atomic E-state index is 0.0608. The SMILES string of the molecule is CC(=O)N(C)CCCl. The summed E-state index contributed by atoms with van der Waals surface area (Å²) >= 11 is 5.35. The van der Waals surface area contributed by atoms with Crippen molar-refractivity contribution in [3.63, 3.8) is 0 Å². The molecule has 0 saturated carbocycles. The maximum Gasteiger partial charge on any atom is 0.219 e. The third-order valence-corrected chi connectivity index (χ3v) is 1.13. The van der Waals surface area contributed by atoms with Gasteiger partial charge in [0.15, 0.2) is 0 Å². The molecular weight excluding hydrogens is 126 g/mol. The van der Waals surface area contributed by atoms with Gasteiger partial charge >= 0.3 is 0 Å². The first-order chi connectivity index (χ1) is 3.68. The second-order valence-corrected chi connectivity index (χ2v) is 2.01. The van der Waals surface area contributed by atoms with Gasteiger partial charge in [0.25, 0.3) is 0 Å². The number of hydrogen-bond donors (Lipinski definition) is 0. The molecule has 0 atom stereocenters. The lowest BCUT2D eigenvalue weighted by molar-refractivity contribution is -0.127. The van der Waals surface area contributed by atoms with Gasteiger partial charge in [0.1, 0.15) is 0 Å². The summed E-state index contributed by atoms with van der Waals surface area (Å²) in [6.45, 7) is 2.16. The number of carbonyl (C=O) groups is 1. The van der Waals surface area contributed by atoms with E-state index in [1.54, 1.807) is 11.9 Å². The molecule has 0 spiro atoms. The third-order valence-electron chi connectivity index (χ3n) is 0.957. The summed E-state index contributed by atoms with van der Waals surface area (Å²) < 4.78 is 0. The van der Waals surface area contributed by atoms with Gasteiger partial charge in [0.05, 0.1) is 0 Å². The fourth-order valence-electron chi connectivity index (χ4n) is 0.284. The summed E-state index contributed by atoms with van der Waals surface area (Å²) in [6.07, 6.45) is 0. The quantitative estimate of drug-likeness (QED) is 0.511. The number of rotatable bonds is 2. The number of hydrogen-bond acceptors (Lipinski definition) is 1. The molecule has 0 aromatic rings. The normalized spacial score (nSPS) is 8.88. The van der Waals surface area contributed by atoms with E-state index in [0.717, 1.165) is 0 Å². The second-order valence-electron chi connectivity index (χ2n) is 1.63. The van der Waals surface area contributed by atoms with Crippen LogP contribution in [0.4, 0.5) is 0 Å². The van der Waals surface area contributed by atoms with Gasteiger partial charge in [-0.05, 0) is 0 Å². The van der Waals surface area contributed by atoms with Crippen molar-refractivity contribution in [2.24, 2.45) is 0 Å². The average molecular weight is 136 g/mol. The Balaban J connectivity index is 3.32. The van der Waals surface area contributed by atoms with Crippen LogP contribution in [0.3, 0.4) is 0 Å². The molecule has 0 saturated heterocycles. The maximum atomic E-state index is 10.4. The zero-order chi connectivity index (χ0) is 6.57. The van der Waals surface area contributed by atoms with Gasteiger partial charge in [-0.3, -0.25) is 4.79 Å². The summed E-state index contributed by atoms with van der Waals surface area (Å²) in [5.74, 6) is 0.571. The Hall–Kier alpha value is -0.240. The maximum absolute atomic E-state index is 10.4. The van der Waals surface area contributed by atoms with Gasteiger partial charge in [-0.25, -0.2) is 0 Å². The Kier molecular flexibility index (Phi) is 3.61. The van der Waals surface area contributed by atoms with E-state index in [1.165, 1.54) is 6.92 Å². The predicted molar refractivity (Wildman–Crippen MR) is 34.0 cm³/mol. The van der Waals surface area contributed by atoms with Crippen LogP contribution in [0, 0.1) is 0 Å². The topological polar surface area (TPSA) is 20.3 Å². The van der Waals surface area contributed by atoms with Crippen LogP contribution in [0.25, 0.3) is 0 Å². The van der Waals surface area contributed by atoms with E-state index in [9.17, 15) is 4.79 Å². The number of alkyl halides is 1. The highest BCUT2D eigenvalue weighted by molar-refractivity contribution is 6.18. The molecule has 0 rings (SSSR count). The van der Waals surface area contributed by atoms with Crippen molar-refractivity contribution < 1.29 is 4.79 Å². The van der Waals surface area contributed by atoms with Crippen LogP contribution in [-0.2, 0) is 4.79 Å². The molecule has 0 aromatic carbocycles. The van der Waals surface area contributed by atoms with Crippen molar-refractivity contribution in [2.45, 2.75) is 6.92 Å². The number of amides is 1. The van der Waals surface area contributed by atoms with Gasteiger partial charge in [0, 0.05) is 26.4 Å². The summed E-state index contributed by atoms with van der Waals surface area (Å²) in [5, 5.41) is 0. The summed E-state index contributed by atoms with van der Waals surface area (Å²) in [4.78, 5) is 12.0. The third kappa shape index (κ3) is 2.86. The van der Waals surface area contributed by atoms with E-state index in [-0.39, 0.29) is 5.91 Å². The Morgan fingerprint density at radius 3 is 2.38 bits per heavy atom. The minimum atomic E-state index is 0.0608. The highest BCUT2D eigenvalue weighted by atomic mass is 35.5. The number of nitrogens with zero attached hydrogens (tertiary/aromatic N) is 1. The van der Waals surface area contributed by atoms with Crippen LogP contribution in [0.5, 0.6) is 0 Å². The van der Waals surface area contributed by atoms with Crippen molar-refractivity contribution >= 4 is 17.5 Å². The van der Waals surface area contributed by atoms with Crippen molar-refractivity contribution in [1.82, 2.24) is 4.90 Å². The van der Waals surface area contributed by atoms with Gasteiger partial charge in [-0.2, -0.15) is 0 Å². The van der Waals surface area contributed by atoms with Gasteiger partial charge in [-0.1, -0.05) is 0 Å². The van der Waals surface area contributed by atoms with E-state index in [0.29, 0.717) is 12.4 Å². The lowest BCUT2D eigenvalue weighted by atomic mass is 10.5. The first-order valence-corrected chi connectivity index (χ1v) is 2.99. The summed E-state index contributed by atoms with van der Waals surface area (Å²) in [7, 11) is 1.73. The van der Waals surface area contributed by atoms with Crippen LogP contribution in [-0.4, -0.2) is 30.3 Å². The lowest BCUT2D eigenvalue weighted by Gasteiger charge is -2.10. The molecule has 0 aliphatic heterocycles. The molecule has 0 aliphatic carbocycles. The number of carbonyl (C=O) groups excluding carboxylic acids is 1. The largest absolute Gasteiger partial charge is 0.345 e. The molecule has 2 nitrogen and oxygen atoms in total.